The van der Waals surface area contributed by atoms with Crippen LogP contribution in [0.5, 0.6) is 0 Å². The molecule has 0 saturated heterocycles. The van der Waals surface area contributed by atoms with Gasteiger partial charge in [0, 0.05) is 32.2 Å². The van der Waals surface area contributed by atoms with Crippen LogP contribution in [0, 0.1) is 6.92 Å². The molecule has 1 aliphatic carbocycles. The van der Waals surface area contributed by atoms with E-state index in [9.17, 15) is 13.2 Å². The van der Waals surface area contributed by atoms with E-state index in [0.717, 1.165) is 48.7 Å². The van der Waals surface area contributed by atoms with Gasteiger partial charge in [-0.05, 0) is 52.7 Å². The summed E-state index contributed by atoms with van der Waals surface area (Å²) in [5.74, 6) is 2.06. The molecule has 0 aromatic carbocycles. The van der Waals surface area contributed by atoms with Crippen LogP contribution >= 0.6 is 34.7 Å². The van der Waals surface area contributed by atoms with Gasteiger partial charge in [0.2, 0.25) is 0 Å². The minimum absolute atomic E-state index is 0.0103. The summed E-state index contributed by atoms with van der Waals surface area (Å²) < 4.78 is 26.1. The maximum Gasteiger partial charge on any atom is 0.263 e. The molecule has 1 fully saturated rings. The predicted octanol–water partition coefficient (Wildman–Crippen LogP) is 4.62. The first-order valence-corrected chi connectivity index (χ1v) is 15.1. The van der Waals surface area contributed by atoms with Crippen molar-refractivity contribution in [3.05, 3.63) is 21.8 Å². The summed E-state index contributed by atoms with van der Waals surface area (Å²) in [6, 6.07) is 2.20. The molecular formula is C22H32ClN5O3S3. The first-order valence-electron chi connectivity index (χ1n) is 11.1. The molecule has 1 saturated carbocycles. The Morgan fingerprint density at radius 1 is 1.21 bits per heavy atom. The van der Waals surface area contributed by atoms with Crippen molar-refractivity contribution < 1.29 is 13.2 Å². The molecule has 188 valence electrons. The molecule has 1 aliphatic rings. The van der Waals surface area contributed by atoms with E-state index in [1.165, 1.54) is 11.8 Å². The molecule has 2 aromatic rings. The number of nitrogens with one attached hydrogen (secondary N) is 2. The SMILES string of the molecule is CSc1sc(C(=O)NC2CCC(Nc3cc(N(C)C)nc(C)n3)CC2)c(Cl)c1S(=O)(=O)C(C)C. The second kappa shape index (κ2) is 11.0. The van der Waals surface area contributed by atoms with E-state index in [0.29, 0.717) is 10.0 Å². The number of sulfone groups is 1. The van der Waals surface area contributed by atoms with Gasteiger partial charge in [0.05, 0.1) is 14.5 Å². The fourth-order valence-electron chi connectivity index (χ4n) is 3.83. The minimum atomic E-state index is -3.59. The maximum absolute atomic E-state index is 13.0. The third-order valence-electron chi connectivity index (χ3n) is 5.77. The molecular weight excluding hydrogens is 514 g/mol. The highest BCUT2D eigenvalue weighted by atomic mass is 35.5. The lowest BCUT2D eigenvalue weighted by atomic mass is 9.91. The molecule has 12 heteroatoms. The summed E-state index contributed by atoms with van der Waals surface area (Å²) in [6.07, 6.45) is 5.17. The number of rotatable bonds is 8. The van der Waals surface area contributed by atoms with Crippen molar-refractivity contribution in [2.24, 2.45) is 0 Å². The molecule has 2 N–H and O–H groups in total. The summed E-state index contributed by atoms with van der Waals surface area (Å²) in [5.41, 5.74) is 0. The summed E-state index contributed by atoms with van der Waals surface area (Å²) >= 11 is 8.88. The van der Waals surface area contributed by atoms with Gasteiger partial charge in [-0.3, -0.25) is 4.79 Å². The Kier molecular flexibility index (Phi) is 8.75. The zero-order valence-electron chi connectivity index (χ0n) is 20.3. The number of aromatic nitrogens is 2. The van der Waals surface area contributed by atoms with Gasteiger partial charge in [0.15, 0.2) is 9.84 Å². The van der Waals surface area contributed by atoms with E-state index in [2.05, 4.69) is 20.6 Å². The number of thiophene rings is 1. The molecule has 2 heterocycles. The number of anilines is 2. The molecule has 0 atom stereocenters. The average Bonchev–Trinajstić information content (AvgIpc) is 3.11. The van der Waals surface area contributed by atoms with Crippen molar-refractivity contribution in [2.45, 2.75) is 72.9 Å². The molecule has 0 spiro atoms. The summed E-state index contributed by atoms with van der Waals surface area (Å²) in [5, 5.41) is 5.98. The number of hydrogen-bond acceptors (Lipinski definition) is 9. The smallest absolute Gasteiger partial charge is 0.263 e. The first kappa shape index (κ1) is 27.0. The summed E-state index contributed by atoms with van der Waals surface area (Å²) in [6.45, 7) is 5.11. The topological polar surface area (TPSA) is 104 Å². The fourth-order valence-corrected chi connectivity index (χ4v) is 8.35. The molecule has 34 heavy (non-hydrogen) atoms. The Labute approximate surface area is 215 Å². The number of amides is 1. The van der Waals surface area contributed by atoms with Gasteiger partial charge in [0.1, 0.15) is 27.2 Å². The van der Waals surface area contributed by atoms with Crippen molar-refractivity contribution >= 4 is 62.1 Å². The van der Waals surface area contributed by atoms with Crippen LogP contribution in [0.3, 0.4) is 0 Å². The van der Waals surface area contributed by atoms with E-state index >= 15 is 0 Å². The number of hydrogen-bond donors (Lipinski definition) is 2. The van der Waals surface area contributed by atoms with Gasteiger partial charge in [-0.2, -0.15) is 0 Å². The fraction of sp³-hybridized carbons (Fsp3) is 0.591. The predicted molar refractivity (Wildman–Crippen MR) is 142 cm³/mol. The van der Waals surface area contributed by atoms with Crippen LogP contribution in [0.1, 0.15) is 55.0 Å². The van der Waals surface area contributed by atoms with Crippen LogP contribution in [0.4, 0.5) is 11.6 Å². The average molecular weight is 546 g/mol. The Balaban J connectivity index is 1.64. The highest BCUT2D eigenvalue weighted by Gasteiger charge is 2.33. The second-order valence-electron chi connectivity index (χ2n) is 8.88. The maximum atomic E-state index is 13.0. The monoisotopic (exact) mass is 545 g/mol. The van der Waals surface area contributed by atoms with E-state index in [1.807, 2.05) is 32.0 Å². The van der Waals surface area contributed by atoms with Crippen LogP contribution in [0.2, 0.25) is 5.02 Å². The largest absolute Gasteiger partial charge is 0.367 e. The zero-order valence-corrected chi connectivity index (χ0v) is 23.5. The van der Waals surface area contributed by atoms with Gasteiger partial charge in [-0.1, -0.05) is 11.6 Å². The number of carbonyl (C=O) groups excluding carboxylic acids is 1. The van der Waals surface area contributed by atoms with Gasteiger partial charge >= 0.3 is 0 Å². The molecule has 0 aliphatic heterocycles. The molecule has 1 amide bonds. The van der Waals surface area contributed by atoms with Crippen LogP contribution < -0.4 is 15.5 Å². The van der Waals surface area contributed by atoms with E-state index in [-0.39, 0.29) is 32.8 Å². The molecule has 0 radical (unpaired) electrons. The van der Waals surface area contributed by atoms with E-state index in [1.54, 1.807) is 20.1 Å². The zero-order chi connectivity index (χ0) is 25.2. The number of halogens is 1. The summed E-state index contributed by atoms with van der Waals surface area (Å²) in [7, 11) is 0.305. The quantitative estimate of drug-likeness (QED) is 0.463. The Morgan fingerprint density at radius 2 is 1.82 bits per heavy atom. The van der Waals surface area contributed by atoms with Gasteiger partial charge in [-0.15, -0.1) is 23.1 Å². The van der Waals surface area contributed by atoms with Crippen molar-refractivity contribution in [1.29, 1.82) is 0 Å². The number of thioether (sulfide) groups is 1. The lowest BCUT2D eigenvalue weighted by molar-refractivity contribution is 0.0930. The normalized spacial score (nSPS) is 18.7. The van der Waals surface area contributed by atoms with E-state index in [4.69, 9.17) is 11.6 Å². The van der Waals surface area contributed by atoms with Crippen LogP contribution in [-0.4, -0.2) is 62.0 Å². The molecule has 8 nitrogen and oxygen atoms in total. The van der Waals surface area contributed by atoms with Crippen molar-refractivity contribution in [3.63, 3.8) is 0 Å². The lowest BCUT2D eigenvalue weighted by Gasteiger charge is -2.30. The first-order chi connectivity index (χ1) is 15.9. The summed E-state index contributed by atoms with van der Waals surface area (Å²) in [4.78, 5) is 24.2. The minimum Gasteiger partial charge on any atom is -0.367 e. The van der Waals surface area contributed by atoms with E-state index < -0.39 is 15.1 Å². The van der Waals surface area contributed by atoms with Crippen molar-refractivity contribution in [3.8, 4) is 0 Å². The number of aryl methyl sites for hydroxylation is 1. The van der Waals surface area contributed by atoms with Crippen LogP contribution in [-0.2, 0) is 9.84 Å². The van der Waals surface area contributed by atoms with Crippen molar-refractivity contribution in [2.75, 3.05) is 30.6 Å². The molecule has 0 bridgehead atoms. The highest BCUT2D eigenvalue weighted by Crippen LogP contribution is 2.43. The Hall–Kier alpha value is -1.56. The van der Waals surface area contributed by atoms with Gasteiger partial charge in [0.25, 0.3) is 5.91 Å². The third-order valence-corrected chi connectivity index (χ3v) is 11.2. The Morgan fingerprint density at radius 3 is 2.38 bits per heavy atom. The second-order valence-corrected chi connectivity index (χ2v) is 13.8. The highest BCUT2D eigenvalue weighted by molar-refractivity contribution is 8.01. The molecule has 2 aromatic heterocycles. The van der Waals surface area contributed by atoms with Gasteiger partial charge in [-0.25, -0.2) is 18.4 Å². The standard InChI is InChI=1S/C22H32ClN5O3S3/c1-12(2)34(30,31)20-18(23)19(33-22(20)32-6)21(29)27-15-9-7-14(8-10-15)26-16-11-17(28(4)5)25-13(3)24-16/h11-12,14-15H,7-10H2,1-6H3,(H,27,29)(H,24,25,26). The molecule has 3 rings (SSSR count). The molecule has 0 unspecified atom stereocenters. The van der Waals surface area contributed by atoms with Crippen molar-refractivity contribution in [1.82, 2.24) is 15.3 Å². The van der Waals surface area contributed by atoms with Gasteiger partial charge < -0.3 is 15.5 Å². The van der Waals surface area contributed by atoms with Crippen LogP contribution in [0.15, 0.2) is 15.2 Å². The third kappa shape index (κ3) is 5.98. The lowest BCUT2D eigenvalue weighted by Crippen LogP contribution is -2.40. The number of carbonyl (C=O) groups is 1. The van der Waals surface area contributed by atoms with Crippen LogP contribution in [0.25, 0.3) is 0 Å². The number of nitrogens with zero attached hydrogens (tertiary/aromatic N) is 3. The Bertz CT molecular complexity index is 1140.